The summed E-state index contributed by atoms with van der Waals surface area (Å²) < 4.78 is 7.12. The average molecular weight is 344 g/mol. The van der Waals surface area contributed by atoms with Gasteiger partial charge in [-0.3, -0.25) is 14.3 Å². The second-order valence-corrected chi connectivity index (χ2v) is 6.58. The van der Waals surface area contributed by atoms with Crippen LogP contribution in [0.15, 0.2) is 62.9 Å². The maximum Gasteiger partial charge on any atom is 0.271 e. The van der Waals surface area contributed by atoms with Crippen LogP contribution in [0.4, 0.5) is 0 Å². The SMILES string of the molecule is O=c1c2ccccc2oc(=S)n1CCCCSc1ccncc1. The number of thioether (sulfide) groups is 1. The summed E-state index contributed by atoms with van der Waals surface area (Å²) in [5.41, 5.74) is 0.477. The number of hydrogen-bond donors (Lipinski definition) is 0. The van der Waals surface area contributed by atoms with Crippen molar-refractivity contribution in [2.75, 3.05) is 5.75 Å². The number of fused-ring (bicyclic) bond motifs is 1. The van der Waals surface area contributed by atoms with E-state index in [1.54, 1.807) is 40.9 Å². The first-order valence-corrected chi connectivity index (χ1v) is 8.80. The molecule has 118 valence electrons. The number of unbranched alkanes of at least 4 members (excludes halogenated alkanes) is 1. The van der Waals surface area contributed by atoms with Crippen LogP contribution in [0, 0.1) is 4.84 Å². The molecule has 0 fully saturated rings. The number of para-hydroxylation sites is 1. The smallest absolute Gasteiger partial charge is 0.271 e. The molecule has 3 rings (SSSR count). The monoisotopic (exact) mass is 344 g/mol. The normalized spacial score (nSPS) is 11.0. The average Bonchev–Trinajstić information content (AvgIpc) is 2.58. The Kier molecular flexibility index (Phi) is 5.25. The fraction of sp³-hybridized carbons (Fsp3) is 0.235. The van der Waals surface area contributed by atoms with Crippen LogP contribution in [0.25, 0.3) is 11.0 Å². The van der Waals surface area contributed by atoms with E-state index in [-0.39, 0.29) is 10.4 Å². The number of aromatic nitrogens is 2. The van der Waals surface area contributed by atoms with Gasteiger partial charge in [-0.05, 0) is 55.1 Å². The van der Waals surface area contributed by atoms with E-state index >= 15 is 0 Å². The minimum absolute atomic E-state index is 0.0707. The van der Waals surface area contributed by atoms with Gasteiger partial charge in [-0.25, -0.2) is 0 Å². The van der Waals surface area contributed by atoms with Crippen LogP contribution in [-0.2, 0) is 6.54 Å². The largest absolute Gasteiger partial charge is 0.431 e. The van der Waals surface area contributed by atoms with Crippen LogP contribution in [0.2, 0.25) is 0 Å². The number of nitrogens with zero attached hydrogens (tertiary/aromatic N) is 2. The first-order chi connectivity index (χ1) is 11.3. The molecular weight excluding hydrogens is 328 g/mol. The van der Waals surface area contributed by atoms with E-state index in [1.807, 2.05) is 24.3 Å². The Labute approximate surface area is 143 Å². The van der Waals surface area contributed by atoms with Gasteiger partial charge in [0, 0.05) is 23.8 Å². The summed E-state index contributed by atoms with van der Waals surface area (Å²) in [7, 11) is 0. The van der Waals surface area contributed by atoms with Gasteiger partial charge in [-0.2, -0.15) is 0 Å². The van der Waals surface area contributed by atoms with Crippen molar-refractivity contribution in [1.29, 1.82) is 0 Å². The molecule has 0 bridgehead atoms. The fourth-order valence-corrected chi connectivity index (χ4v) is 3.46. The molecule has 1 aromatic carbocycles. The minimum atomic E-state index is -0.0707. The molecule has 0 atom stereocenters. The van der Waals surface area contributed by atoms with Gasteiger partial charge in [0.1, 0.15) is 5.58 Å². The summed E-state index contributed by atoms with van der Waals surface area (Å²) >= 11 is 7.00. The van der Waals surface area contributed by atoms with Crippen LogP contribution >= 0.6 is 24.0 Å². The van der Waals surface area contributed by atoms with Crippen molar-refractivity contribution < 1.29 is 4.42 Å². The van der Waals surface area contributed by atoms with E-state index in [0.717, 1.165) is 18.6 Å². The molecule has 2 heterocycles. The quantitative estimate of drug-likeness (QED) is 0.379. The summed E-state index contributed by atoms with van der Waals surface area (Å²) in [6, 6.07) is 11.2. The standard InChI is InChI=1S/C17H16N2O2S2/c20-16-14-5-1-2-6-15(14)21-17(22)19(16)11-3-4-12-23-13-7-9-18-10-8-13/h1-2,5-10H,3-4,11-12H2. The van der Waals surface area contributed by atoms with Crippen molar-refractivity contribution in [3.05, 3.63) is 64.0 Å². The molecule has 3 aromatic rings. The van der Waals surface area contributed by atoms with E-state index in [4.69, 9.17) is 16.6 Å². The van der Waals surface area contributed by atoms with Crippen molar-refractivity contribution in [3.8, 4) is 0 Å². The van der Waals surface area contributed by atoms with Gasteiger partial charge in [-0.1, -0.05) is 12.1 Å². The van der Waals surface area contributed by atoms with E-state index < -0.39 is 0 Å². The summed E-state index contributed by atoms with van der Waals surface area (Å²) in [6.07, 6.45) is 5.47. The second-order valence-electron chi connectivity index (χ2n) is 5.06. The Morgan fingerprint density at radius 1 is 1.13 bits per heavy atom. The number of rotatable bonds is 6. The van der Waals surface area contributed by atoms with Crippen LogP contribution in [0.1, 0.15) is 12.8 Å². The maximum absolute atomic E-state index is 12.5. The Balaban J connectivity index is 1.61. The molecule has 0 spiro atoms. The second kappa shape index (κ2) is 7.57. The molecule has 4 nitrogen and oxygen atoms in total. The first-order valence-electron chi connectivity index (χ1n) is 7.41. The Hall–Kier alpha value is -1.92. The molecule has 0 saturated carbocycles. The number of hydrogen-bond acceptors (Lipinski definition) is 5. The first kappa shape index (κ1) is 16.0. The van der Waals surface area contributed by atoms with Gasteiger partial charge >= 0.3 is 0 Å². The third-order valence-electron chi connectivity index (χ3n) is 3.47. The minimum Gasteiger partial charge on any atom is -0.431 e. The molecule has 0 aliphatic heterocycles. The summed E-state index contributed by atoms with van der Waals surface area (Å²) in [5.74, 6) is 0.996. The molecule has 0 aliphatic rings. The molecule has 0 N–H and O–H groups in total. The molecule has 2 aromatic heterocycles. The molecule has 0 saturated heterocycles. The Morgan fingerprint density at radius 3 is 2.74 bits per heavy atom. The summed E-state index contributed by atoms with van der Waals surface area (Å²) in [6.45, 7) is 0.586. The van der Waals surface area contributed by atoms with Gasteiger partial charge in [0.05, 0.1) is 5.39 Å². The Morgan fingerprint density at radius 2 is 1.91 bits per heavy atom. The lowest BCUT2D eigenvalue weighted by Gasteiger charge is -2.07. The number of pyridine rings is 1. The highest BCUT2D eigenvalue weighted by atomic mass is 32.2. The highest BCUT2D eigenvalue weighted by molar-refractivity contribution is 7.99. The van der Waals surface area contributed by atoms with Crippen molar-refractivity contribution >= 4 is 34.9 Å². The number of benzene rings is 1. The van der Waals surface area contributed by atoms with Crippen molar-refractivity contribution in [1.82, 2.24) is 9.55 Å². The predicted octanol–water partition coefficient (Wildman–Crippen LogP) is 4.29. The van der Waals surface area contributed by atoms with E-state index in [1.165, 1.54) is 4.90 Å². The van der Waals surface area contributed by atoms with Crippen LogP contribution in [-0.4, -0.2) is 15.3 Å². The highest BCUT2D eigenvalue weighted by Gasteiger charge is 2.06. The van der Waals surface area contributed by atoms with E-state index in [0.29, 0.717) is 17.5 Å². The van der Waals surface area contributed by atoms with E-state index in [9.17, 15) is 4.79 Å². The van der Waals surface area contributed by atoms with Gasteiger partial charge < -0.3 is 4.42 Å². The molecule has 0 amide bonds. The van der Waals surface area contributed by atoms with Crippen molar-refractivity contribution in [2.45, 2.75) is 24.3 Å². The van der Waals surface area contributed by atoms with Crippen molar-refractivity contribution in [3.63, 3.8) is 0 Å². The lowest BCUT2D eigenvalue weighted by molar-refractivity contribution is 0.474. The topological polar surface area (TPSA) is 48.0 Å². The van der Waals surface area contributed by atoms with E-state index in [2.05, 4.69) is 4.98 Å². The molecule has 0 unspecified atom stereocenters. The molecule has 0 aliphatic carbocycles. The zero-order valence-electron chi connectivity index (χ0n) is 12.5. The zero-order valence-corrected chi connectivity index (χ0v) is 14.1. The fourth-order valence-electron chi connectivity index (χ4n) is 2.30. The molecule has 23 heavy (non-hydrogen) atoms. The third-order valence-corrected chi connectivity index (χ3v) is 4.88. The van der Waals surface area contributed by atoms with Gasteiger partial charge in [0.2, 0.25) is 0 Å². The lowest BCUT2D eigenvalue weighted by atomic mass is 10.2. The third kappa shape index (κ3) is 3.89. The van der Waals surface area contributed by atoms with Crippen LogP contribution in [0.5, 0.6) is 0 Å². The maximum atomic E-state index is 12.5. The molecular formula is C17H16N2O2S2. The van der Waals surface area contributed by atoms with Crippen molar-refractivity contribution in [2.24, 2.45) is 0 Å². The van der Waals surface area contributed by atoms with Crippen LogP contribution in [0.3, 0.4) is 0 Å². The van der Waals surface area contributed by atoms with Gasteiger partial charge in [0.15, 0.2) is 0 Å². The lowest BCUT2D eigenvalue weighted by Crippen LogP contribution is -2.21. The molecule has 0 radical (unpaired) electrons. The van der Waals surface area contributed by atoms with Gasteiger partial charge in [-0.15, -0.1) is 11.8 Å². The Bertz CT molecular complexity index is 904. The predicted molar refractivity (Wildman–Crippen MR) is 95.5 cm³/mol. The zero-order chi connectivity index (χ0) is 16.1. The van der Waals surface area contributed by atoms with Gasteiger partial charge in [0.25, 0.3) is 10.4 Å². The summed E-state index contributed by atoms with van der Waals surface area (Å²) in [4.78, 5) is 17.9. The summed E-state index contributed by atoms with van der Waals surface area (Å²) in [5, 5.41) is 0.576. The van der Waals surface area contributed by atoms with Crippen LogP contribution < -0.4 is 5.56 Å². The highest BCUT2D eigenvalue weighted by Crippen LogP contribution is 2.18. The molecule has 6 heteroatoms.